The Bertz CT molecular complexity index is 467. The summed E-state index contributed by atoms with van der Waals surface area (Å²) in [4.78, 5) is 23.5. The first-order chi connectivity index (χ1) is 9.20. The number of amides is 2. The molecule has 0 spiro atoms. The van der Waals surface area contributed by atoms with Gasteiger partial charge in [-0.15, -0.1) is 0 Å². The zero-order valence-corrected chi connectivity index (χ0v) is 11.2. The van der Waals surface area contributed by atoms with Gasteiger partial charge < -0.3 is 10.6 Å². The molecule has 4 nitrogen and oxygen atoms in total. The Hall–Kier alpha value is -1.84. The first-order valence-corrected chi connectivity index (χ1v) is 6.90. The third-order valence-corrected chi connectivity index (χ3v) is 3.16. The van der Waals surface area contributed by atoms with Crippen molar-refractivity contribution in [1.29, 1.82) is 0 Å². The van der Waals surface area contributed by atoms with Gasteiger partial charge in [-0.3, -0.25) is 9.59 Å². The van der Waals surface area contributed by atoms with Crippen LogP contribution in [0.15, 0.2) is 24.3 Å². The molecule has 0 radical (unpaired) electrons. The van der Waals surface area contributed by atoms with Crippen LogP contribution in [-0.4, -0.2) is 18.4 Å². The fraction of sp³-hybridized carbons (Fsp3) is 0.467. The van der Waals surface area contributed by atoms with Crippen molar-refractivity contribution in [3.05, 3.63) is 29.8 Å². The van der Waals surface area contributed by atoms with E-state index in [9.17, 15) is 9.59 Å². The van der Waals surface area contributed by atoms with Crippen LogP contribution in [0.1, 0.15) is 43.0 Å². The minimum Gasteiger partial charge on any atom is -0.352 e. The van der Waals surface area contributed by atoms with Gasteiger partial charge in [-0.1, -0.05) is 19.4 Å². The smallest absolute Gasteiger partial charge is 0.251 e. The van der Waals surface area contributed by atoms with E-state index in [-0.39, 0.29) is 17.7 Å². The Balaban J connectivity index is 1.93. The summed E-state index contributed by atoms with van der Waals surface area (Å²) in [5.74, 6) is 0.140. The molecule has 1 aromatic carbocycles. The van der Waals surface area contributed by atoms with E-state index in [1.807, 2.05) is 6.07 Å². The number of benzene rings is 1. The van der Waals surface area contributed by atoms with Crippen LogP contribution >= 0.6 is 0 Å². The summed E-state index contributed by atoms with van der Waals surface area (Å²) >= 11 is 0. The highest BCUT2D eigenvalue weighted by Gasteiger charge is 2.29. The van der Waals surface area contributed by atoms with E-state index in [0.29, 0.717) is 17.8 Å². The molecule has 0 heterocycles. The minimum atomic E-state index is -0.0871. The van der Waals surface area contributed by atoms with Gasteiger partial charge in [-0.25, -0.2) is 0 Å². The van der Waals surface area contributed by atoms with E-state index in [4.69, 9.17) is 0 Å². The molecule has 2 amide bonds. The Morgan fingerprint density at radius 3 is 2.79 bits per heavy atom. The normalized spacial score (nSPS) is 13.9. The number of hydrogen-bond acceptors (Lipinski definition) is 2. The molecule has 1 aliphatic carbocycles. The number of unbranched alkanes of at least 4 members (excludes halogenated alkanes) is 1. The first-order valence-electron chi connectivity index (χ1n) is 6.90. The van der Waals surface area contributed by atoms with Crippen LogP contribution in [0.3, 0.4) is 0 Å². The van der Waals surface area contributed by atoms with E-state index in [0.717, 1.165) is 25.7 Å². The predicted molar refractivity (Wildman–Crippen MR) is 75.0 cm³/mol. The quantitative estimate of drug-likeness (QED) is 0.772. The Kier molecular flexibility index (Phi) is 4.55. The third-order valence-electron chi connectivity index (χ3n) is 3.16. The molecule has 0 saturated heterocycles. The maximum absolute atomic E-state index is 11.9. The molecule has 2 rings (SSSR count). The second kappa shape index (κ2) is 6.36. The average Bonchev–Trinajstić information content (AvgIpc) is 3.23. The molecule has 4 heteroatoms. The fourth-order valence-electron chi connectivity index (χ4n) is 1.81. The van der Waals surface area contributed by atoms with Crippen molar-refractivity contribution in [1.82, 2.24) is 5.32 Å². The van der Waals surface area contributed by atoms with Gasteiger partial charge in [0.2, 0.25) is 5.91 Å². The molecule has 1 saturated carbocycles. The molecule has 1 aromatic rings. The molecule has 0 aliphatic heterocycles. The van der Waals surface area contributed by atoms with Crippen molar-refractivity contribution in [3.63, 3.8) is 0 Å². The lowest BCUT2D eigenvalue weighted by Crippen LogP contribution is -2.24. The average molecular weight is 260 g/mol. The highest BCUT2D eigenvalue weighted by Crippen LogP contribution is 2.30. The first kappa shape index (κ1) is 13.6. The lowest BCUT2D eigenvalue weighted by atomic mass is 10.2. The van der Waals surface area contributed by atoms with E-state index < -0.39 is 0 Å². The number of hydrogen-bond donors (Lipinski definition) is 2. The largest absolute Gasteiger partial charge is 0.352 e. The molecule has 102 valence electrons. The van der Waals surface area contributed by atoms with Gasteiger partial charge in [-0.05, 0) is 37.5 Å². The Morgan fingerprint density at radius 1 is 1.32 bits per heavy atom. The Labute approximate surface area is 113 Å². The molecule has 1 fully saturated rings. The summed E-state index contributed by atoms with van der Waals surface area (Å²) in [5, 5.41) is 5.71. The minimum absolute atomic E-state index is 0.0588. The maximum Gasteiger partial charge on any atom is 0.251 e. The maximum atomic E-state index is 11.9. The van der Waals surface area contributed by atoms with Crippen molar-refractivity contribution in [2.24, 2.45) is 5.92 Å². The van der Waals surface area contributed by atoms with Gasteiger partial charge >= 0.3 is 0 Å². The van der Waals surface area contributed by atoms with Crippen LogP contribution in [0.2, 0.25) is 0 Å². The van der Waals surface area contributed by atoms with E-state index in [1.165, 1.54) is 0 Å². The molecule has 19 heavy (non-hydrogen) atoms. The van der Waals surface area contributed by atoms with Gasteiger partial charge in [0.15, 0.2) is 0 Å². The highest BCUT2D eigenvalue weighted by atomic mass is 16.2. The number of nitrogens with one attached hydrogen (secondary N) is 2. The molecule has 2 N–H and O–H groups in total. The summed E-state index contributed by atoms with van der Waals surface area (Å²) in [7, 11) is 0. The summed E-state index contributed by atoms with van der Waals surface area (Å²) in [5.41, 5.74) is 1.28. The van der Waals surface area contributed by atoms with Crippen molar-refractivity contribution >= 4 is 17.5 Å². The SMILES string of the molecule is CCCCNC(=O)c1cccc(NC(=O)C2CC2)c1. The van der Waals surface area contributed by atoms with E-state index >= 15 is 0 Å². The number of anilines is 1. The number of carbonyl (C=O) groups is 2. The lowest BCUT2D eigenvalue weighted by molar-refractivity contribution is -0.117. The summed E-state index contributed by atoms with van der Waals surface area (Å²) in [6.07, 6.45) is 3.98. The highest BCUT2D eigenvalue weighted by molar-refractivity contribution is 5.98. The lowest BCUT2D eigenvalue weighted by Gasteiger charge is -2.07. The molecule has 0 aromatic heterocycles. The molecule has 0 unspecified atom stereocenters. The van der Waals surface area contributed by atoms with Gasteiger partial charge in [-0.2, -0.15) is 0 Å². The second-order valence-electron chi connectivity index (χ2n) is 4.95. The topological polar surface area (TPSA) is 58.2 Å². The van der Waals surface area contributed by atoms with Crippen LogP contribution in [0.4, 0.5) is 5.69 Å². The van der Waals surface area contributed by atoms with Crippen LogP contribution < -0.4 is 10.6 Å². The zero-order chi connectivity index (χ0) is 13.7. The molecule has 0 atom stereocenters. The summed E-state index contributed by atoms with van der Waals surface area (Å²) < 4.78 is 0. The summed E-state index contributed by atoms with van der Waals surface area (Å²) in [6, 6.07) is 7.08. The van der Waals surface area contributed by atoms with Crippen molar-refractivity contribution < 1.29 is 9.59 Å². The van der Waals surface area contributed by atoms with E-state index in [1.54, 1.807) is 18.2 Å². The van der Waals surface area contributed by atoms with Crippen molar-refractivity contribution in [2.75, 3.05) is 11.9 Å². The van der Waals surface area contributed by atoms with Crippen LogP contribution in [-0.2, 0) is 4.79 Å². The van der Waals surface area contributed by atoms with Crippen molar-refractivity contribution in [3.8, 4) is 0 Å². The van der Waals surface area contributed by atoms with Gasteiger partial charge in [0.25, 0.3) is 5.91 Å². The van der Waals surface area contributed by atoms with Crippen molar-refractivity contribution in [2.45, 2.75) is 32.6 Å². The second-order valence-corrected chi connectivity index (χ2v) is 4.95. The number of rotatable bonds is 6. The van der Waals surface area contributed by atoms with Crippen LogP contribution in [0.25, 0.3) is 0 Å². The van der Waals surface area contributed by atoms with E-state index in [2.05, 4.69) is 17.6 Å². The van der Waals surface area contributed by atoms with Crippen LogP contribution in [0.5, 0.6) is 0 Å². The molecular formula is C15H20N2O2. The number of carbonyl (C=O) groups excluding carboxylic acids is 2. The zero-order valence-electron chi connectivity index (χ0n) is 11.2. The molecular weight excluding hydrogens is 240 g/mol. The monoisotopic (exact) mass is 260 g/mol. The summed E-state index contributed by atoms with van der Waals surface area (Å²) in [6.45, 7) is 2.77. The van der Waals surface area contributed by atoms with Gasteiger partial charge in [0.05, 0.1) is 0 Å². The van der Waals surface area contributed by atoms with Gasteiger partial charge in [0.1, 0.15) is 0 Å². The molecule has 0 bridgehead atoms. The predicted octanol–water partition coefficient (Wildman–Crippen LogP) is 2.57. The fourth-order valence-corrected chi connectivity index (χ4v) is 1.81. The Morgan fingerprint density at radius 2 is 2.11 bits per heavy atom. The van der Waals surface area contributed by atoms with Crippen LogP contribution in [0, 0.1) is 5.92 Å². The standard InChI is InChI=1S/C15H20N2O2/c1-2-3-9-16-14(18)12-5-4-6-13(10-12)17-15(19)11-7-8-11/h4-6,10-11H,2-3,7-9H2,1H3,(H,16,18)(H,17,19). The third kappa shape index (κ3) is 4.09. The van der Waals surface area contributed by atoms with Gasteiger partial charge in [0, 0.05) is 23.7 Å². The molecule has 1 aliphatic rings.